The van der Waals surface area contributed by atoms with E-state index in [0.29, 0.717) is 0 Å². The van der Waals surface area contributed by atoms with Crippen molar-refractivity contribution >= 4 is 21.2 Å². The van der Waals surface area contributed by atoms with E-state index in [-0.39, 0.29) is 16.1 Å². The van der Waals surface area contributed by atoms with Gasteiger partial charge in [-0.25, -0.2) is 17.9 Å². The van der Waals surface area contributed by atoms with Crippen LogP contribution in [0.15, 0.2) is 59.6 Å². The minimum absolute atomic E-state index is 0.0132. The fraction of sp³-hybridized carbons (Fsp3) is 0.250. The van der Waals surface area contributed by atoms with Gasteiger partial charge in [0.2, 0.25) is 10.0 Å². The quantitative estimate of drug-likeness (QED) is 0.890. The molecule has 134 valence electrons. The highest BCUT2D eigenvalue weighted by atomic mass is 32.2. The Hall–Kier alpha value is -2.31. The lowest BCUT2D eigenvalue weighted by molar-refractivity contribution is 0.523. The third-order valence-corrected chi connectivity index (χ3v) is 6.11. The molecule has 2 N–H and O–H groups in total. The van der Waals surface area contributed by atoms with E-state index < -0.39 is 10.0 Å². The van der Waals surface area contributed by atoms with Crippen molar-refractivity contribution in [3.63, 3.8) is 0 Å². The molecule has 2 aliphatic rings. The number of pyridine rings is 1. The number of hydrogen-bond donors (Lipinski definition) is 1. The summed E-state index contributed by atoms with van der Waals surface area (Å²) < 4.78 is 36.3. The second-order valence-electron chi connectivity index (χ2n) is 6.99. The van der Waals surface area contributed by atoms with Gasteiger partial charge in [-0.2, -0.15) is 0 Å². The highest BCUT2D eigenvalue weighted by Gasteiger charge is 2.36. The molecule has 2 aliphatic carbocycles. The topological polar surface area (TPSA) is 73.1 Å². The Morgan fingerprint density at radius 2 is 1.62 bits per heavy atom. The van der Waals surface area contributed by atoms with Crippen molar-refractivity contribution in [3.05, 3.63) is 71.8 Å². The SMILES string of the molecule is NS(=O)(=O)c1ccc(C2=CC3(C=C2c2ccc(F)cn2)CCCC3)cc1. The average molecular weight is 370 g/mol. The van der Waals surface area contributed by atoms with Gasteiger partial charge in [0.05, 0.1) is 16.8 Å². The van der Waals surface area contributed by atoms with E-state index in [2.05, 4.69) is 17.1 Å². The molecule has 26 heavy (non-hydrogen) atoms. The monoisotopic (exact) mass is 370 g/mol. The van der Waals surface area contributed by atoms with Gasteiger partial charge in [-0.1, -0.05) is 37.1 Å². The fourth-order valence-electron chi connectivity index (χ4n) is 3.90. The number of nitrogens with two attached hydrogens (primary N) is 1. The van der Waals surface area contributed by atoms with Gasteiger partial charge in [-0.05, 0) is 48.2 Å². The molecule has 1 aromatic carbocycles. The number of benzene rings is 1. The first kappa shape index (κ1) is 17.1. The van der Waals surface area contributed by atoms with Crippen LogP contribution < -0.4 is 5.14 Å². The van der Waals surface area contributed by atoms with Crippen LogP contribution in [0.3, 0.4) is 0 Å². The number of halogens is 1. The first-order valence-electron chi connectivity index (χ1n) is 8.58. The Kier molecular flexibility index (Phi) is 4.04. The molecule has 1 aromatic heterocycles. The predicted molar refractivity (Wildman–Crippen MR) is 98.9 cm³/mol. The van der Waals surface area contributed by atoms with Gasteiger partial charge in [-0.3, -0.25) is 4.98 Å². The maximum atomic E-state index is 13.3. The molecule has 0 bridgehead atoms. The zero-order valence-corrected chi connectivity index (χ0v) is 15.0. The summed E-state index contributed by atoms with van der Waals surface area (Å²) in [5.41, 5.74) is 3.61. The largest absolute Gasteiger partial charge is 0.253 e. The zero-order chi connectivity index (χ0) is 18.4. The molecule has 0 unspecified atom stereocenters. The summed E-state index contributed by atoms with van der Waals surface area (Å²) in [6, 6.07) is 9.64. The van der Waals surface area contributed by atoms with E-state index in [1.165, 1.54) is 37.2 Å². The van der Waals surface area contributed by atoms with Crippen LogP contribution in [-0.4, -0.2) is 13.4 Å². The average Bonchev–Trinajstić information content (AvgIpc) is 3.22. The van der Waals surface area contributed by atoms with E-state index in [4.69, 9.17) is 5.14 Å². The van der Waals surface area contributed by atoms with Crippen molar-refractivity contribution in [2.75, 3.05) is 0 Å². The molecule has 4 rings (SSSR count). The summed E-state index contributed by atoms with van der Waals surface area (Å²) >= 11 is 0. The van der Waals surface area contributed by atoms with Crippen LogP contribution in [0.4, 0.5) is 4.39 Å². The van der Waals surface area contributed by atoms with Gasteiger partial charge in [-0.15, -0.1) is 0 Å². The number of primary sulfonamides is 1. The molecular formula is C20H19FN2O2S. The summed E-state index contributed by atoms with van der Waals surface area (Å²) in [5, 5.41) is 5.19. The lowest BCUT2D eigenvalue weighted by Gasteiger charge is -2.16. The second kappa shape index (κ2) is 6.14. The smallest absolute Gasteiger partial charge is 0.238 e. The lowest BCUT2D eigenvalue weighted by atomic mass is 9.88. The number of allylic oxidation sites excluding steroid dienone is 4. The molecule has 6 heteroatoms. The van der Waals surface area contributed by atoms with Crippen LogP contribution in [0.1, 0.15) is 36.9 Å². The minimum Gasteiger partial charge on any atom is -0.253 e. The fourth-order valence-corrected chi connectivity index (χ4v) is 4.42. The molecule has 0 aliphatic heterocycles. The van der Waals surface area contributed by atoms with Crippen molar-refractivity contribution in [3.8, 4) is 0 Å². The number of aromatic nitrogens is 1. The van der Waals surface area contributed by atoms with Gasteiger partial charge in [0.25, 0.3) is 0 Å². The van der Waals surface area contributed by atoms with Gasteiger partial charge < -0.3 is 0 Å². The number of rotatable bonds is 3. The van der Waals surface area contributed by atoms with E-state index in [1.54, 1.807) is 18.2 Å². The molecule has 4 nitrogen and oxygen atoms in total. The zero-order valence-electron chi connectivity index (χ0n) is 14.2. The lowest BCUT2D eigenvalue weighted by Crippen LogP contribution is -2.11. The molecular weight excluding hydrogens is 351 g/mol. The maximum absolute atomic E-state index is 13.3. The Bertz CT molecular complexity index is 1000. The first-order valence-corrected chi connectivity index (χ1v) is 10.1. The first-order chi connectivity index (χ1) is 12.4. The number of hydrogen-bond acceptors (Lipinski definition) is 3. The third kappa shape index (κ3) is 3.10. The van der Waals surface area contributed by atoms with E-state index in [0.717, 1.165) is 35.2 Å². The van der Waals surface area contributed by atoms with Gasteiger partial charge in [0.1, 0.15) is 5.82 Å². The van der Waals surface area contributed by atoms with Crippen molar-refractivity contribution < 1.29 is 12.8 Å². The normalized spacial score (nSPS) is 18.8. The van der Waals surface area contributed by atoms with E-state index in [1.807, 2.05) is 0 Å². The van der Waals surface area contributed by atoms with Crippen LogP contribution in [0.5, 0.6) is 0 Å². The number of nitrogens with zero attached hydrogens (tertiary/aromatic N) is 1. The van der Waals surface area contributed by atoms with Crippen LogP contribution >= 0.6 is 0 Å². The molecule has 0 saturated heterocycles. The predicted octanol–water partition coefficient (Wildman–Crippen LogP) is 3.91. The Morgan fingerprint density at radius 3 is 2.19 bits per heavy atom. The molecule has 0 amide bonds. The summed E-state index contributed by atoms with van der Waals surface area (Å²) in [5.74, 6) is -0.369. The minimum atomic E-state index is -3.72. The third-order valence-electron chi connectivity index (χ3n) is 5.19. The van der Waals surface area contributed by atoms with E-state index >= 15 is 0 Å². The maximum Gasteiger partial charge on any atom is 0.238 e. The summed E-state index contributed by atoms with van der Waals surface area (Å²) in [6.07, 6.45) is 10.2. The number of sulfonamides is 1. The molecule has 1 spiro atoms. The van der Waals surface area contributed by atoms with Crippen LogP contribution in [-0.2, 0) is 10.0 Å². The second-order valence-corrected chi connectivity index (χ2v) is 8.55. The molecule has 1 heterocycles. The van der Waals surface area contributed by atoms with Gasteiger partial charge >= 0.3 is 0 Å². The molecule has 0 radical (unpaired) electrons. The van der Waals surface area contributed by atoms with Crippen molar-refractivity contribution in [2.45, 2.75) is 30.6 Å². The van der Waals surface area contributed by atoms with Crippen LogP contribution in [0.25, 0.3) is 11.1 Å². The summed E-state index contributed by atoms with van der Waals surface area (Å²) in [4.78, 5) is 4.33. The molecule has 0 atom stereocenters. The highest BCUT2D eigenvalue weighted by Crippen LogP contribution is 2.51. The summed E-state index contributed by atoms with van der Waals surface area (Å²) in [7, 11) is -3.72. The molecule has 1 saturated carbocycles. The Labute approximate surface area is 152 Å². The van der Waals surface area contributed by atoms with Crippen LogP contribution in [0.2, 0.25) is 0 Å². The van der Waals surface area contributed by atoms with Crippen molar-refractivity contribution in [2.24, 2.45) is 10.6 Å². The Balaban J connectivity index is 1.79. The van der Waals surface area contributed by atoms with Gasteiger partial charge in [0.15, 0.2) is 0 Å². The van der Waals surface area contributed by atoms with E-state index in [9.17, 15) is 12.8 Å². The molecule has 2 aromatic rings. The standard InChI is InChI=1S/C20H19FN2O2S/c21-15-5-8-19(23-13-15)18-12-20(9-1-2-10-20)11-17(18)14-3-6-16(7-4-14)26(22,24)25/h3-8,11-13H,1-2,9-10H2,(H2,22,24,25). The van der Waals surface area contributed by atoms with Crippen molar-refractivity contribution in [1.82, 2.24) is 4.98 Å². The highest BCUT2D eigenvalue weighted by molar-refractivity contribution is 7.89. The van der Waals surface area contributed by atoms with Gasteiger partial charge in [0, 0.05) is 11.0 Å². The molecule has 1 fully saturated rings. The van der Waals surface area contributed by atoms with Crippen LogP contribution in [0, 0.1) is 11.2 Å². The summed E-state index contributed by atoms with van der Waals surface area (Å²) in [6.45, 7) is 0. The Morgan fingerprint density at radius 1 is 0.962 bits per heavy atom. The van der Waals surface area contributed by atoms with Crippen molar-refractivity contribution in [1.29, 1.82) is 0 Å².